The van der Waals surface area contributed by atoms with Crippen LogP contribution >= 0.6 is 0 Å². The number of likely N-dealkylation sites (N-methyl/N-ethyl adjacent to an activating group) is 1. The van der Waals surface area contributed by atoms with Crippen molar-refractivity contribution in [3.8, 4) is 0 Å². The number of unbranched alkanes of at least 4 members (excludes halogenated alkanes) is 1. The van der Waals surface area contributed by atoms with Gasteiger partial charge in [-0.05, 0) is 70.2 Å². The Balaban J connectivity index is 1.78. The number of carbonyl (C=O) groups excluding carboxylic acids is 5. The Hall–Kier alpha value is -4.25. The molecular formula is C36H52N6O5. The number of nitrogens with one attached hydrogen (secondary N) is 5. The molecule has 0 aliphatic carbocycles. The first kappa shape index (κ1) is 37.2. The Morgan fingerprint density at radius 3 is 2.15 bits per heavy atom. The van der Waals surface area contributed by atoms with Crippen molar-refractivity contribution < 1.29 is 24.0 Å². The zero-order valence-electron chi connectivity index (χ0n) is 28.5. The molecule has 1 saturated heterocycles. The van der Waals surface area contributed by atoms with E-state index in [9.17, 15) is 24.0 Å². The van der Waals surface area contributed by atoms with Gasteiger partial charge in [0, 0.05) is 48.9 Å². The second kappa shape index (κ2) is 18.8. The van der Waals surface area contributed by atoms with E-state index in [0.29, 0.717) is 50.1 Å². The van der Waals surface area contributed by atoms with Gasteiger partial charge in [0.15, 0.2) is 0 Å². The molecule has 3 rings (SSSR count). The summed E-state index contributed by atoms with van der Waals surface area (Å²) in [6, 6.07) is 12.7. The third kappa shape index (κ3) is 11.2. The molecule has 0 unspecified atom stereocenters. The average molecular weight is 649 g/mol. The summed E-state index contributed by atoms with van der Waals surface area (Å²) in [4.78, 5) is 66.8. The van der Waals surface area contributed by atoms with Gasteiger partial charge in [0.1, 0.15) is 6.04 Å². The maximum Gasteiger partial charge on any atom is 0.251 e. The second-order valence-electron chi connectivity index (χ2n) is 12.2. The molecule has 0 spiro atoms. The molecular weight excluding hydrogens is 596 g/mol. The van der Waals surface area contributed by atoms with Crippen molar-refractivity contribution >= 4 is 35.2 Å². The molecule has 2 aromatic rings. The maximum absolute atomic E-state index is 13.8. The monoisotopic (exact) mass is 648 g/mol. The van der Waals surface area contributed by atoms with Crippen molar-refractivity contribution in [3.05, 3.63) is 65.2 Å². The number of hydrogen-bond acceptors (Lipinski definition) is 6. The largest absolute Gasteiger partial charge is 0.355 e. The molecule has 5 N–H and O–H groups in total. The highest BCUT2D eigenvalue weighted by molar-refractivity contribution is 6.03. The Kier molecular flexibility index (Phi) is 14.9. The van der Waals surface area contributed by atoms with Crippen LogP contribution < -0.4 is 31.5 Å². The van der Waals surface area contributed by atoms with Gasteiger partial charge in [-0.15, -0.1) is 0 Å². The van der Waals surface area contributed by atoms with Crippen LogP contribution in [-0.2, 0) is 14.4 Å². The van der Waals surface area contributed by atoms with Gasteiger partial charge in [-0.25, -0.2) is 0 Å². The predicted octanol–water partition coefficient (Wildman–Crippen LogP) is 3.99. The average Bonchev–Trinajstić information content (AvgIpc) is 3.08. The van der Waals surface area contributed by atoms with Crippen molar-refractivity contribution in [2.45, 2.75) is 104 Å². The highest BCUT2D eigenvalue weighted by atomic mass is 16.2. The van der Waals surface area contributed by atoms with Crippen LogP contribution in [0, 0.1) is 0 Å². The zero-order valence-corrected chi connectivity index (χ0v) is 28.5. The van der Waals surface area contributed by atoms with Gasteiger partial charge in [-0.3, -0.25) is 24.0 Å². The minimum Gasteiger partial charge on any atom is -0.355 e. The summed E-state index contributed by atoms with van der Waals surface area (Å²) in [5.41, 5.74) is 2.04. The third-order valence-electron chi connectivity index (χ3n) is 8.42. The lowest BCUT2D eigenvalue weighted by atomic mass is 10.0. The van der Waals surface area contributed by atoms with Gasteiger partial charge in [0.25, 0.3) is 11.8 Å². The van der Waals surface area contributed by atoms with Crippen molar-refractivity contribution in [1.29, 1.82) is 0 Å². The van der Waals surface area contributed by atoms with Gasteiger partial charge in [0.2, 0.25) is 17.7 Å². The number of benzene rings is 2. The molecule has 0 saturated carbocycles. The summed E-state index contributed by atoms with van der Waals surface area (Å²) in [5, 5.41) is 14.8. The normalized spacial score (nSPS) is 15.6. The minimum atomic E-state index is -0.622. The van der Waals surface area contributed by atoms with E-state index in [1.165, 1.54) is 0 Å². The first-order valence-electron chi connectivity index (χ1n) is 17.0. The van der Waals surface area contributed by atoms with Crippen molar-refractivity contribution in [3.63, 3.8) is 0 Å². The van der Waals surface area contributed by atoms with E-state index in [1.807, 2.05) is 51.1 Å². The van der Waals surface area contributed by atoms with Crippen LogP contribution in [0.2, 0.25) is 0 Å². The highest BCUT2D eigenvalue weighted by Gasteiger charge is 2.25. The van der Waals surface area contributed by atoms with Crippen molar-refractivity contribution in [1.82, 2.24) is 26.6 Å². The summed E-state index contributed by atoms with van der Waals surface area (Å²) in [5.74, 6) is -1.28. The summed E-state index contributed by atoms with van der Waals surface area (Å²) < 4.78 is 0. The van der Waals surface area contributed by atoms with Crippen molar-refractivity contribution in [2.24, 2.45) is 0 Å². The van der Waals surface area contributed by atoms with E-state index in [2.05, 4.69) is 33.5 Å². The fraction of sp³-hybridized carbons (Fsp3) is 0.528. The Morgan fingerprint density at radius 1 is 0.851 bits per heavy atom. The number of nitrogens with zero attached hydrogens (tertiary/aromatic N) is 1. The van der Waals surface area contributed by atoms with E-state index >= 15 is 0 Å². The molecule has 256 valence electrons. The number of hydrogen-bond donors (Lipinski definition) is 5. The van der Waals surface area contributed by atoms with Gasteiger partial charge >= 0.3 is 0 Å². The Bertz CT molecular complexity index is 1370. The molecule has 2 aromatic carbocycles. The number of carbonyl (C=O) groups is 5. The SMILES string of the molecule is CCCC[C@@H](CN[C@@H](C)C(=O)N[C@@H](CC)C(=O)NCC)NC(=O)c1cc(C(=O)N[C@H](C)c2ccccc2)cc(N2CCCCC2=O)c1. The second-order valence-corrected chi connectivity index (χ2v) is 12.2. The first-order valence-corrected chi connectivity index (χ1v) is 17.0. The molecule has 1 aliphatic heterocycles. The summed E-state index contributed by atoms with van der Waals surface area (Å²) >= 11 is 0. The smallest absolute Gasteiger partial charge is 0.251 e. The van der Waals surface area contributed by atoms with Crippen LogP contribution in [0.25, 0.3) is 0 Å². The molecule has 0 aromatic heterocycles. The lowest BCUT2D eigenvalue weighted by Crippen LogP contribution is -2.53. The fourth-order valence-corrected chi connectivity index (χ4v) is 5.52. The molecule has 4 atom stereocenters. The molecule has 47 heavy (non-hydrogen) atoms. The quantitative estimate of drug-likeness (QED) is 0.175. The third-order valence-corrected chi connectivity index (χ3v) is 8.42. The molecule has 1 aliphatic rings. The maximum atomic E-state index is 13.8. The molecule has 5 amide bonds. The molecule has 1 fully saturated rings. The van der Waals surface area contributed by atoms with E-state index in [1.54, 1.807) is 30.0 Å². The molecule has 11 nitrogen and oxygen atoms in total. The fourth-order valence-electron chi connectivity index (χ4n) is 5.52. The first-order chi connectivity index (χ1) is 22.6. The van der Waals surface area contributed by atoms with Gasteiger partial charge in [-0.2, -0.15) is 0 Å². The van der Waals surface area contributed by atoms with Crippen LogP contribution in [-0.4, -0.2) is 67.3 Å². The molecule has 0 bridgehead atoms. The zero-order chi connectivity index (χ0) is 34.3. The number of piperidine rings is 1. The van der Waals surface area contributed by atoms with E-state index in [4.69, 9.17) is 0 Å². The molecule has 0 radical (unpaired) electrons. The Morgan fingerprint density at radius 2 is 1.53 bits per heavy atom. The van der Waals surface area contributed by atoms with Gasteiger partial charge in [0.05, 0.1) is 12.1 Å². The predicted molar refractivity (Wildman–Crippen MR) is 184 cm³/mol. The molecule has 11 heteroatoms. The summed E-state index contributed by atoms with van der Waals surface area (Å²) in [6.45, 7) is 10.7. The van der Waals surface area contributed by atoms with E-state index < -0.39 is 12.1 Å². The minimum absolute atomic E-state index is 0.0346. The van der Waals surface area contributed by atoms with Crippen LogP contribution in [0.4, 0.5) is 5.69 Å². The standard InChI is InChI=1S/C36H52N6O5/c1-6-9-17-29(23-38-25(5)33(44)41-31(7-2)36(47)37-8-3)40-35(46)28-20-27(21-30(22-28)42-19-14-13-18-32(42)43)34(45)39-24(4)26-15-11-10-12-16-26/h10-12,15-16,20-22,24-25,29,31,38H,6-9,13-14,17-19,23H2,1-5H3,(H,37,47)(H,39,45)(H,40,46)(H,41,44)/t24-,25+,29+,31+/m1/s1. The van der Waals surface area contributed by atoms with Crippen LogP contribution in [0.5, 0.6) is 0 Å². The van der Waals surface area contributed by atoms with Gasteiger partial charge in [-0.1, -0.05) is 57.0 Å². The molecule has 1 heterocycles. The van der Waals surface area contributed by atoms with Crippen molar-refractivity contribution in [2.75, 3.05) is 24.5 Å². The lowest BCUT2D eigenvalue weighted by Gasteiger charge is -2.28. The summed E-state index contributed by atoms with van der Waals surface area (Å²) in [6.07, 6.45) is 4.98. The number of anilines is 1. The number of amides is 5. The lowest BCUT2D eigenvalue weighted by molar-refractivity contribution is -0.129. The van der Waals surface area contributed by atoms with Crippen LogP contribution in [0.3, 0.4) is 0 Å². The van der Waals surface area contributed by atoms with Crippen LogP contribution in [0.15, 0.2) is 48.5 Å². The topological polar surface area (TPSA) is 149 Å². The van der Waals surface area contributed by atoms with E-state index in [0.717, 1.165) is 31.2 Å². The number of rotatable bonds is 17. The summed E-state index contributed by atoms with van der Waals surface area (Å²) in [7, 11) is 0. The van der Waals surface area contributed by atoms with Gasteiger partial charge < -0.3 is 31.5 Å². The highest BCUT2D eigenvalue weighted by Crippen LogP contribution is 2.25. The van der Waals surface area contributed by atoms with E-state index in [-0.39, 0.29) is 47.2 Å². The van der Waals surface area contributed by atoms with Crippen LogP contribution in [0.1, 0.15) is 112 Å². The Labute approximate surface area is 279 Å².